The van der Waals surface area contributed by atoms with Crippen LogP contribution in [0.4, 0.5) is 0 Å². The summed E-state index contributed by atoms with van der Waals surface area (Å²) >= 11 is 0. The molecule has 5 nitrogen and oxygen atoms in total. The number of hydrogen-bond acceptors (Lipinski definition) is 5. The second kappa shape index (κ2) is 3.58. The summed E-state index contributed by atoms with van der Waals surface area (Å²) < 4.78 is 4.64. The van der Waals surface area contributed by atoms with Crippen molar-refractivity contribution >= 4 is 5.97 Å². The third kappa shape index (κ3) is 1.59. The molecular weight excluding hydrogens is 194 g/mol. The number of hydrogen-bond donors (Lipinski definition) is 1. The first-order valence-corrected chi connectivity index (χ1v) is 4.81. The summed E-state index contributed by atoms with van der Waals surface area (Å²) in [4.78, 5) is 19.7. The summed E-state index contributed by atoms with van der Waals surface area (Å²) in [6, 6.07) is 1.08. The second-order valence-corrected chi connectivity index (χ2v) is 3.73. The van der Waals surface area contributed by atoms with E-state index < -0.39 is 17.4 Å². The van der Waals surface area contributed by atoms with Crippen LogP contribution in [-0.2, 0) is 14.9 Å². The lowest BCUT2D eigenvalue weighted by Crippen LogP contribution is -2.43. The Labute approximate surface area is 87.7 Å². The number of ether oxygens (including phenoxy) is 1. The summed E-state index contributed by atoms with van der Waals surface area (Å²) in [5.74, 6) is 0.239. The van der Waals surface area contributed by atoms with E-state index in [1.165, 1.54) is 7.11 Å². The van der Waals surface area contributed by atoms with Crippen molar-refractivity contribution in [1.82, 2.24) is 9.97 Å². The fraction of sp³-hybridized carbons (Fsp3) is 0.500. The average Bonchev–Trinajstić information content (AvgIpc) is 3.09. The lowest BCUT2D eigenvalue weighted by molar-refractivity contribution is -0.143. The van der Waals surface area contributed by atoms with Crippen LogP contribution < -0.4 is 5.73 Å². The SMILES string of the molecule is COC(=O)C(N)C1(c2ncccn2)CC1. The molecule has 15 heavy (non-hydrogen) atoms. The van der Waals surface area contributed by atoms with E-state index in [4.69, 9.17) is 5.73 Å². The first-order valence-electron chi connectivity index (χ1n) is 4.81. The van der Waals surface area contributed by atoms with Crippen LogP contribution >= 0.6 is 0 Å². The van der Waals surface area contributed by atoms with Gasteiger partial charge in [0.25, 0.3) is 0 Å². The zero-order valence-electron chi connectivity index (χ0n) is 8.51. The molecule has 1 fully saturated rings. The quantitative estimate of drug-likeness (QED) is 0.706. The molecule has 1 aliphatic rings. The van der Waals surface area contributed by atoms with Crippen LogP contribution in [0.15, 0.2) is 18.5 Å². The van der Waals surface area contributed by atoms with Crippen LogP contribution in [0.1, 0.15) is 18.7 Å². The molecule has 0 amide bonds. The molecule has 5 heteroatoms. The minimum atomic E-state index is -0.662. The van der Waals surface area contributed by atoms with Crippen LogP contribution in [0.2, 0.25) is 0 Å². The summed E-state index contributed by atoms with van der Waals surface area (Å²) in [7, 11) is 1.34. The number of carbonyl (C=O) groups is 1. The van der Waals surface area contributed by atoms with Gasteiger partial charge in [-0.05, 0) is 18.9 Å². The summed E-state index contributed by atoms with van der Waals surface area (Å²) in [6.07, 6.45) is 5.00. The van der Waals surface area contributed by atoms with E-state index in [1.54, 1.807) is 18.5 Å². The summed E-state index contributed by atoms with van der Waals surface area (Å²) in [5, 5.41) is 0. The van der Waals surface area contributed by atoms with Crippen molar-refractivity contribution in [2.75, 3.05) is 7.11 Å². The summed E-state index contributed by atoms with van der Waals surface area (Å²) in [5.41, 5.74) is 5.45. The first-order chi connectivity index (χ1) is 7.20. The van der Waals surface area contributed by atoms with Crippen LogP contribution in [0, 0.1) is 0 Å². The van der Waals surface area contributed by atoms with Crippen LogP contribution in [0.3, 0.4) is 0 Å². The van der Waals surface area contributed by atoms with Gasteiger partial charge in [-0.25, -0.2) is 9.97 Å². The molecule has 80 valence electrons. The number of carbonyl (C=O) groups excluding carboxylic acids is 1. The molecule has 0 radical (unpaired) electrons. The number of methoxy groups -OCH3 is 1. The Morgan fingerprint density at radius 1 is 1.53 bits per heavy atom. The highest BCUT2D eigenvalue weighted by atomic mass is 16.5. The summed E-state index contributed by atoms with van der Waals surface area (Å²) in [6.45, 7) is 0. The monoisotopic (exact) mass is 207 g/mol. The van der Waals surface area contributed by atoms with Crippen molar-refractivity contribution < 1.29 is 9.53 Å². The Hall–Kier alpha value is -1.49. The lowest BCUT2D eigenvalue weighted by atomic mass is 9.96. The molecule has 1 heterocycles. The highest BCUT2D eigenvalue weighted by molar-refractivity contribution is 5.78. The molecule has 0 bridgehead atoms. The minimum absolute atomic E-state index is 0.394. The van der Waals surface area contributed by atoms with Gasteiger partial charge in [-0.15, -0.1) is 0 Å². The van der Waals surface area contributed by atoms with Gasteiger partial charge in [0.15, 0.2) is 0 Å². The third-order valence-electron chi connectivity index (χ3n) is 2.85. The van der Waals surface area contributed by atoms with E-state index in [-0.39, 0.29) is 0 Å². The first kappa shape index (κ1) is 10.0. The van der Waals surface area contributed by atoms with Gasteiger partial charge < -0.3 is 10.5 Å². The Morgan fingerprint density at radius 2 is 2.13 bits per heavy atom. The third-order valence-corrected chi connectivity index (χ3v) is 2.85. The minimum Gasteiger partial charge on any atom is -0.468 e. The highest BCUT2D eigenvalue weighted by Crippen LogP contribution is 2.48. The second-order valence-electron chi connectivity index (χ2n) is 3.73. The molecule has 0 saturated heterocycles. The molecule has 1 atom stereocenters. The molecule has 1 unspecified atom stereocenters. The van der Waals surface area contributed by atoms with Crippen LogP contribution in [0.5, 0.6) is 0 Å². The number of rotatable bonds is 3. The van der Waals surface area contributed by atoms with Crippen molar-refractivity contribution in [1.29, 1.82) is 0 Å². The molecule has 0 aliphatic heterocycles. The Morgan fingerprint density at radius 3 is 2.60 bits per heavy atom. The van der Waals surface area contributed by atoms with Gasteiger partial charge in [-0.2, -0.15) is 0 Å². The maximum absolute atomic E-state index is 11.4. The van der Waals surface area contributed by atoms with Crippen LogP contribution in [0.25, 0.3) is 0 Å². The van der Waals surface area contributed by atoms with Crippen molar-refractivity contribution in [3.05, 3.63) is 24.3 Å². The van der Waals surface area contributed by atoms with Gasteiger partial charge in [0.1, 0.15) is 11.9 Å². The fourth-order valence-electron chi connectivity index (χ4n) is 1.72. The molecule has 1 aromatic heterocycles. The smallest absolute Gasteiger partial charge is 0.323 e. The molecular formula is C10H13N3O2. The van der Waals surface area contributed by atoms with E-state index >= 15 is 0 Å². The number of nitrogens with two attached hydrogens (primary N) is 1. The van der Waals surface area contributed by atoms with Crippen molar-refractivity contribution in [3.63, 3.8) is 0 Å². The van der Waals surface area contributed by atoms with Gasteiger partial charge in [0.2, 0.25) is 0 Å². The van der Waals surface area contributed by atoms with Crippen molar-refractivity contribution in [3.8, 4) is 0 Å². The Bertz CT molecular complexity index is 362. The molecule has 1 saturated carbocycles. The van der Waals surface area contributed by atoms with Gasteiger partial charge >= 0.3 is 5.97 Å². The number of esters is 1. The van der Waals surface area contributed by atoms with E-state index in [0.29, 0.717) is 5.82 Å². The Kier molecular flexibility index (Phi) is 2.40. The number of aromatic nitrogens is 2. The Balaban J connectivity index is 2.25. The van der Waals surface area contributed by atoms with Crippen molar-refractivity contribution in [2.24, 2.45) is 5.73 Å². The van der Waals surface area contributed by atoms with Crippen LogP contribution in [-0.4, -0.2) is 29.1 Å². The van der Waals surface area contributed by atoms with E-state index in [2.05, 4.69) is 14.7 Å². The normalized spacial score (nSPS) is 19.3. The van der Waals surface area contributed by atoms with Crippen molar-refractivity contribution in [2.45, 2.75) is 24.3 Å². The average molecular weight is 207 g/mol. The predicted molar refractivity (Wildman–Crippen MR) is 52.9 cm³/mol. The highest BCUT2D eigenvalue weighted by Gasteiger charge is 2.55. The standard InChI is InChI=1S/C10H13N3O2/c1-15-8(14)7(11)10(3-4-10)9-12-5-2-6-13-9/h2,5-7H,3-4,11H2,1H3. The maximum atomic E-state index is 11.4. The molecule has 0 aromatic carbocycles. The van der Waals surface area contributed by atoms with E-state index in [0.717, 1.165) is 12.8 Å². The zero-order valence-corrected chi connectivity index (χ0v) is 8.51. The molecule has 2 N–H and O–H groups in total. The van der Waals surface area contributed by atoms with E-state index in [1.807, 2.05) is 0 Å². The molecule has 0 spiro atoms. The van der Waals surface area contributed by atoms with Gasteiger partial charge in [0, 0.05) is 12.4 Å². The lowest BCUT2D eigenvalue weighted by Gasteiger charge is -2.19. The van der Waals surface area contributed by atoms with Gasteiger partial charge in [0.05, 0.1) is 12.5 Å². The molecule has 1 aliphatic carbocycles. The van der Waals surface area contributed by atoms with Gasteiger partial charge in [-0.1, -0.05) is 0 Å². The van der Waals surface area contributed by atoms with E-state index in [9.17, 15) is 4.79 Å². The topological polar surface area (TPSA) is 78.1 Å². The molecule has 2 rings (SSSR count). The number of nitrogens with zero attached hydrogens (tertiary/aromatic N) is 2. The predicted octanol–water partition coefficient (Wildman–Crippen LogP) is 0.00850. The zero-order chi connectivity index (χ0) is 10.9. The fourth-order valence-corrected chi connectivity index (χ4v) is 1.72. The maximum Gasteiger partial charge on any atom is 0.323 e. The van der Waals surface area contributed by atoms with Gasteiger partial charge in [-0.3, -0.25) is 4.79 Å². The largest absolute Gasteiger partial charge is 0.468 e. The molecule has 1 aromatic rings.